The smallest absolute Gasteiger partial charge is 0.266 e. The maximum Gasteiger partial charge on any atom is 0.266 e. The summed E-state index contributed by atoms with van der Waals surface area (Å²) < 4.78 is 0.386. The molecule has 2 rings (SSSR count). The number of rotatable bonds is 7. The Morgan fingerprint density at radius 1 is 1.29 bits per heavy atom. The largest absolute Gasteiger partial charge is 0.550 e. The molecule has 1 saturated heterocycles. The van der Waals surface area contributed by atoms with Crippen LogP contribution in [0.25, 0.3) is 6.08 Å². The van der Waals surface area contributed by atoms with Crippen molar-refractivity contribution in [1.29, 1.82) is 0 Å². The minimum Gasteiger partial charge on any atom is -0.550 e. The van der Waals surface area contributed by atoms with E-state index in [9.17, 15) is 14.7 Å². The van der Waals surface area contributed by atoms with E-state index < -0.39 is 5.97 Å². The van der Waals surface area contributed by atoms with Crippen molar-refractivity contribution in [2.24, 2.45) is 0 Å². The molecule has 0 unspecified atom stereocenters. The van der Waals surface area contributed by atoms with Gasteiger partial charge in [-0.15, -0.1) is 0 Å². The lowest BCUT2D eigenvalue weighted by Crippen LogP contribution is -3.06. The van der Waals surface area contributed by atoms with Crippen LogP contribution in [-0.2, 0) is 9.59 Å². The Morgan fingerprint density at radius 2 is 1.92 bits per heavy atom. The molecule has 0 saturated carbocycles. The molecule has 1 aliphatic rings. The molecule has 0 atom stereocenters. The average molecular weight is 364 g/mol. The van der Waals surface area contributed by atoms with Crippen LogP contribution in [0.2, 0.25) is 0 Å². The fourth-order valence-corrected chi connectivity index (χ4v) is 3.83. The van der Waals surface area contributed by atoms with Crippen molar-refractivity contribution in [2.75, 3.05) is 19.6 Å². The van der Waals surface area contributed by atoms with Crippen LogP contribution in [-0.4, -0.2) is 40.7 Å². The molecule has 24 heavy (non-hydrogen) atoms. The third kappa shape index (κ3) is 4.43. The zero-order chi connectivity index (χ0) is 17.7. The van der Waals surface area contributed by atoms with Gasteiger partial charge in [-0.2, -0.15) is 0 Å². The van der Waals surface area contributed by atoms with E-state index in [-0.39, 0.29) is 18.9 Å². The molecule has 7 heteroatoms. The lowest BCUT2D eigenvalue weighted by molar-refractivity contribution is -0.828. The molecule has 0 aliphatic carbocycles. The summed E-state index contributed by atoms with van der Waals surface area (Å²) in [6, 6.07) is 8.08. The van der Waals surface area contributed by atoms with Crippen LogP contribution < -0.4 is 10.0 Å². The van der Waals surface area contributed by atoms with Crippen LogP contribution in [0.5, 0.6) is 0 Å². The summed E-state index contributed by atoms with van der Waals surface area (Å²) in [5, 5.41) is 10.6. The maximum absolute atomic E-state index is 12.3. The molecular formula is C17H20N2O3S2. The van der Waals surface area contributed by atoms with E-state index in [0.29, 0.717) is 9.23 Å². The molecule has 128 valence electrons. The summed E-state index contributed by atoms with van der Waals surface area (Å²) in [5.41, 5.74) is 2.14. The van der Waals surface area contributed by atoms with Crippen molar-refractivity contribution >= 4 is 51.9 Å². The summed E-state index contributed by atoms with van der Waals surface area (Å²) in [7, 11) is 0. The summed E-state index contributed by atoms with van der Waals surface area (Å²) in [4.78, 5) is 26.1. The van der Waals surface area contributed by atoms with Crippen molar-refractivity contribution in [3.8, 4) is 0 Å². The van der Waals surface area contributed by atoms with Crippen LogP contribution in [0.1, 0.15) is 25.8 Å². The van der Waals surface area contributed by atoms with Crippen LogP contribution in [0.4, 0.5) is 5.69 Å². The SMILES string of the molecule is CC[NH+](CC)c1ccc(/C=C2/SC(=S)N(CCC(=O)[O-])C2=O)cc1. The van der Waals surface area contributed by atoms with Gasteiger partial charge in [0, 0.05) is 18.9 Å². The first-order valence-corrected chi connectivity index (χ1v) is 9.09. The Balaban J connectivity index is 2.12. The predicted octanol–water partition coefficient (Wildman–Crippen LogP) is 0.584. The number of thioether (sulfide) groups is 1. The van der Waals surface area contributed by atoms with Crippen molar-refractivity contribution in [3.05, 3.63) is 34.7 Å². The van der Waals surface area contributed by atoms with Gasteiger partial charge in [-0.05, 0) is 49.8 Å². The standard InChI is InChI=1S/C17H20N2O3S2/c1-3-18(4-2)13-7-5-12(6-8-13)11-14-16(22)19(17(23)24-14)10-9-15(20)21/h5-8,11H,3-4,9-10H2,1-2H3,(H,20,21)/b14-11+. The number of hydrogen-bond acceptors (Lipinski definition) is 5. The number of carboxylic acid groups (broad SMARTS) is 1. The van der Waals surface area contributed by atoms with Gasteiger partial charge in [-0.3, -0.25) is 9.69 Å². The highest BCUT2D eigenvalue weighted by molar-refractivity contribution is 8.26. The summed E-state index contributed by atoms with van der Waals surface area (Å²) in [5.74, 6) is -1.44. The van der Waals surface area contributed by atoms with E-state index in [4.69, 9.17) is 12.2 Å². The zero-order valence-electron chi connectivity index (χ0n) is 13.7. The zero-order valence-corrected chi connectivity index (χ0v) is 15.3. The minimum atomic E-state index is -1.19. The Labute approximate surface area is 151 Å². The fraction of sp³-hybridized carbons (Fsp3) is 0.353. The quantitative estimate of drug-likeness (QED) is 0.567. The number of amides is 1. The first kappa shape index (κ1) is 18.6. The molecule has 1 aliphatic heterocycles. The Morgan fingerprint density at radius 3 is 2.46 bits per heavy atom. The molecule has 1 fully saturated rings. The van der Waals surface area contributed by atoms with Gasteiger partial charge in [0.15, 0.2) is 0 Å². The van der Waals surface area contributed by atoms with Gasteiger partial charge < -0.3 is 14.8 Å². The van der Waals surface area contributed by atoms with E-state index >= 15 is 0 Å². The molecule has 5 nitrogen and oxygen atoms in total. The molecule has 0 spiro atoms. The van der Waals surface area contributed by atoms with E-state index in [1.165, 1.54) is 27.2 Å². The third-order valence-corrected chi connectivity index (χ3v) is 5.26. The summed E-state index contributed by atoms with van der Waals surface area (Å²) >= 11 is 6.36. The maximum atomic E-state index is 12.3. The number of carboxylic acids is 1. The number of thiocarbonyl (C=S) groups is 1. The first-order valence-electron chi connectivity index (χ1n) is 7.86. The molecule has 1 heterocycles. The van der Waals surface area contributed by atoms with E-state index in [2.05, 4.69) is 26.0 Å². The first-order chi connectivity index (χ1) is 11.5. The number of nitrogens with zero attached hydrogens (tertiary/aromatic N) is 1. The lowest BCUT2D eigenvalue weighted by atomic mass is 10.1. The van der Waals surface area contributed by atoms with Gasteiger partial charge in [0.25, 0.3) is 5.91 Å². The van der Waals surface area contributed by atoms with Crippen molar-refractivity contribution < 1.29 is 19.6 Å². The van der Waals surface area contributed by atoms with Crippen molar-refractivity contribution in [3.63, 3.8) is 0 Å². The second-order valence-electron chi connectivity index (χ2n) is 5.39. The highest BCUT2D eigenvalue weighted by atomic mass is 32.2. The van der Waals surface area contributed by atoms with Crippen molar-refractivity contribution in [2.45, 2.75) is 20.3 Å². The number of nitrogens with one attached hydrogen (secondary N) is 1. The Kier molecular flexibility index (Phi) is 6.53. The van der Waals surface area contributed by atoms with Crippen molar-refractivity contribution in [1.82, 2.24) is 4.90 Å². The fourth-order valence-electron chi connectivity index (χ4n) is 2.52. The molecule has 1 amide bonds. The molecule has 1 N–H and O–H groups in total. The van der Waals surface area contributed by atoms with Gasteiger partial charge >= 0.3 is 0 Å². The summed E-state index contributed by atoms with van der Waals surface area (Å²) in [6.45, 7) is 6.38. The molecule has 0 aromatic heterocycles. The molecule has 0 bridgehead atoms. The monoisotopic (exact) mass is 364 g/mol. The second-order valence-corrected chi connectivity index (χ2v) is 7.06. The highest BCUT2D eigenvalue weighted by Crippen LogP contribution is 2.32. The summed E-state index contributed by atoms with van der Waals surface area (Å²) in [6.07, 6.45) is 1.57. The van der Waals surface area contributed by atoms with Gasteiger partial charge in [0.05, 0.1) is 18.0 Å². The van der Waals surface area contributed by atoms with Crippen LogP contribution in [0.3, 0.4) is 0 Å². The molecular weight excluding hydrogens is 344 g/mol. The number of benzene rings is 1. The lowest BCUT2D eigenvalue weighted by Gasteiger charge is -2.14. The number of aliphatic carboxylic acids is 1. The van der Waals surface area contributed by atoms with Crippen LogP contribution in [0.15, 0.2) is 29.2 Å². The van der Waals surface area contributed by atoms with Gasteiger partial charge in [0.2, 0.25) is 0 Å². The Bertz CT molecular complexity index is 667. The van der Waals surface area contributed by atoms with E-state index in [1.54, 1.807) is 6.08 Å². The van der Waals surface area contributed by atoms with Gasteiger partial charge in [-0.25, -0.2) is 0 Å². The molecule has 1 aromatic rings. The average Bonchev–Trinajstić information content (AvgIpc) is 2.82. The number of quaternary nitrogens is 1. The predicted molar refractivity (Wildman–Crippen MR) is 97.6 cm³/mol. The second kappa shape index (κ2) is 8.41. The van der Waals surface area contributed by atoms with Gasteiger partial charge in [-0.1, -0.05) is 24.0 Å². The van der Waals surface area contributed by atoms with Gasteiger partial charge in [0.1, 0.15) is 10.0 Å². The Hall–Kier alpha value is -1.70. The topological polar surface area (TPSA) is 64.9 Å². The number of carbonyl (C=O) groups excluding carboxylic acids is 2. The number of carbonyl (C=O) groups is 2. The molecule has 0 radical (unpaired) electrons. The van der Waals surface area contributed by atoms with Crippen LogP contribution in [0, 0.1) is 0 Å². The highest BCUT2D eigenvalue weighted by Gasteiger charge is 2.31. The molecule has 1 aromatic carbocycles. The minimum absolute atomic E-state index is 0.0502. The van der Waals surface area contributed by atoms with E-state index in [1.807, 2.05) is 12.1 Å². The third-order valence-electron chi connectivity index (χ3n) is 3.88. The normalized spacial score (nSPS) is 16.5. The van der Waals surface area contributed by atoms with E-state index in [0.717, 1.165) is 18.7 Å². The number of hydrogen-bond donors (Lipinski definition) is 1. The van der Waals surface area contributed by atoms with Crippen LogP contribution >= 0.6 is 24.0 Å².